The largest absolute Gasteiger partial charge is 0.340 e. The highest BCUT2D eigenvalue weighted by atomic mass is 16.2. The minimum absolute atomic E-state index is 0.0477. The van der Waals surface area contributed by atoms with Gasteiger partial charge < -0.3 is 15.1 Å². The van der Waals surface area contributed by atoms with Crippen LogP contribution in [0.25, 0.3) is 0 Å². The van der Waals surface area contributed by atoms with E-state index in [4.69, 9.17) is 0 Å². The van der Waals surface area contributed by atoms with Crippen LogP contribution in [0.3, 0.4) is 0 Å². The third kappa shape index (κ3) is 3.62. The number of anilines is 1. The van der Waals surface area contributed by atoms with Crippen molar-refractivity contribution in [3.05, 3.63) is 29.8 Å². The normalized spacial score (nSPS) is 28.7. The maximum atomic E-state index is 12.7. The summed E-state index contributed by atoms with van der Waals surface area (Å²) in [5.74, 6) is 1.74. The van der Waals surface area contributed by atoms with E-state index < -0.39 is 0 Å². The van der Waals surface area contributed by atoms with Gasteiger partial charge in [-0.3, -0.25) is 14.5 Å². The van der Waals surface area contributed by atoms with Gasteiger partial charge in [-0.25, -0.2) is 0 Å². The van der Waals surface area contributed by atoms with E-state index in [0.717, 1.165) is 51.5 Å². The number of piperazine rings is 1. The first kappa shape index (κ1) is 17.5. The fraction of sp³-hybridized carbons (Fsp3) is 0.600. The standard InChI is InChI=1S/C20H28N4O2/c1-14(25)21-16-5-3-15(4-6-16)11-23-12-17-18(13-23)19(17)20(26)24-9-7-22(2)8-10-24/h3-6,17-19H,7-13H2,1-2H3,(H,21,25). The molecule has 3 fully saturated rings. The third-order valence-electron chi connectivity index (χ3n) is 6.05. The topological polar surface area (TPSA) is 55.9 Å². The van der Waals surface area contributed by atoms with Crippen LogP contribution in [0.4, 0.5) is 5.69 Å². The van der Waals surface area contributed by atoms with Crippen LogP contribution in [0, 0.1) is 17.8 Å². The average molecular weight is 356 g/mol. The number of nitrogens with zero attached hydrogens (tertiary/aromatic N) is 3. The van der Waals surface area contributed by atoms with Crippen LogP contribution in [0.15, 0.2) is 24.3 Å². The van der Waals surface area contributed by atoms with Crippen LogP contribution < -0.4 is 5.32 Å². The molecule has 0 bridgehead atoms. The molecule has 1 aliphatic carbocycles. The summed E-state index contributed by atoms with van der Waals surface area (Å²) in [4.78, 5) is 30.6. The maximum Gasteiger partial charge on any atom is 0.226 e. The van der Waals surface area contributed by atoms with Gasteiger partial charge >= 0.3 is 0 Å². The lowest BCUT2D eigenvalue weighted by atomic mass is 10.1. The molecule has 3 aliphatic rings. The molecule has 2 amide bonds. The Morgan fingerprint density at radius 3 is 2.23 bits per heavy atom. The van der Waals surface area contributed by atoms with Gasteiger partial charge in [0.2, 0.25) is 11.8 Å². The van der Waals surface area contributed by atoms with Gasteiger partial charge in [0.1, 0.15) is 0 Å². The van der Waals surface area contributed by atoms with Crippen molar-refractivity contribution in [2.45, 2.75) is 13.5 Å². The molecule has 0 spiro atoms. The van der Waals surface area contributed by atoms with E-state index in [-0.39, 0.29) is 11.8 Å². The predicted molar refractivity (Wildman–Crippen MR) is 101 cm³/mol. The van der Waals surface area contributed by atoms with Gasteiger partial charge in [0.15, 0.2) is 0 Å². The number of likely N-dealkylation sites (tertiary alicyclic amines) is 1. The second kappa shape index (κ2) is 7.00. The molecule has 6 nitrogen and oxygen atoms in total. The van der Waals surface area contributed by atoms with E-state index >= 15 is 0 Å². The number of fused-ring (bicyclic) bond motifs is 1. The van der Waals surface area contributed by atoms with Gasteiger partial charge in [-0.15, -0.1) is 0 Å². The van der Waals surface area contributed by atoms with E-state index in [1.54, 1.807) is 0 Å². The Hall–Kier alpha value is -1.92. The lowest BCUT2D eigenvalue weighted by Gasteiger charge is -2.33. The summed E-state index contributed by atoms with van der Waals surface area (Å²) >= 11 is 0. The first-order valence-corrected chi connectivity index (χ1v) is 9.57. The highest BCUT2D eigenvalue weighted by molar-refractivity contribution is 5.88. The van der Waals surface area contributed by atoms with Gasteiger partial charge in [0.05, 0.1) is 0 Å². The fourth-order valence-corrected chi connectivity index (χ4v) is 4.50. The number of hydrogen-bond donors (Lipinski definition) is 1. The number of likely N-dealkylation sites (N-methyl/N-ethyl adjacent to an activating group) is 1. The third-order valence-corrected chi connectivity index (χ3v) is 6.05. The number of carbonyl (C=O) groups is 2. The molecule has 2 saturated heterocycles. The van der Waals surface area contributed by atoms with E-state index in [2.05, 4.69) is 39.2 Å². The first-order chi connectivity index (χ1) is 12.5. The van der Waals surface area contributed by atoms with Crippen molar-refractivity contribution in [2.24, 2.45) is 17.8 Å². The molecule has 140 valence electrons. The number of piperidine rings is 1. The quantitative estimate of drug-likeness (QED) is 0.878. The van der Waals surface area contributed by atoms with Gasteiger partial charge in [-0.2, -0.15) is 0 Å². The number of amides is 2. The zero-order valence-corrected chi connectivity index (χ0v) is 15.6. The van der Waals surface area contributed by atoms with E-state index in [0.29, 0.717) is 17.7 Å². The molecule has 6 heteroatoms. The Kier molecular flexibility index (Phi) is 4.71. The summed E-state index contributed by atoms with van der Waals surface area (Å²) in [7, 11) is 2.12. The van der Waals surface area contributed by atoms with Crippen molar-refractivity contribution < 1.29 is 9.59 Å². The minimum Gasteiger partial charge on any atom is -0.340 e. The molecule has 26 heavy (non-hydrogen) atoms. The molecule has 2 heterocycles. The molecule has 4 rings (SSSR count). The summed E-state index contributed by atoms with van der Waals surface area (Å²) in [6.45, 7) is 8.26. The number of hydrogen-bond acceptors (Lipinski definition) is 4. The van der Waals surface area contributed by atoms with Gasteiger partial charge in [-0.05, 0) is 36.6 Å². The summed E-state index contributed by atoms with van der Waals surface area (Å²) in [5, 5.41) is 2.79. The summed E-state index contributed by atoms with van der Waals surface area (Å²) in [6.07, 6.45) is 0. The molecule has 0 radical (unpaired) electrons. The second-order valence-corrected chi connectivity index (χ2v) is 8.05. The van der Waals surface area contributed by atoms with Gasteiger partial charge in [0, 0.05) is 64.3 Å². The monoisotopic (exact) mass is 356 g/mol. The highest BCUT2D eigenvalue weighted by Crippen LogP contribution is 2.52. The molecule has 1 N–H and O–H groups in total. The predicted octanol–water partition coefficient (Wildman–Crippen LogP) is 1.10. The molecule has 2 atom stereocenters. The summed E-state index contributed by atoms with van der Waals surface area (Å²) in [5.41, 5.74) is 2.09. The number of carbonyl (C=O) groups excluding carboxylic acids is 2. The summed E-state index contributed by atoms with van der Waals surface area (Å²) < 4.78 is 0. The van der Waals surface area contributed by atoms with Crippen LogP contribution in [0.1, 0.15) is 12.5 Å². The Morgan fingerprint density at radius 1 is 1.04 bits per heavy atom. The molecular weight excluding hydrogens is 328 g/mol. The maximum absolute atomic E-state index is 12.7. The fourth-order valence-electron chi connectivity index (χ4n) is 4.50. The minimum atomic E-state index is -0.0477. The first-order valence-electron chi connectivity index (χ1n) is 9.57. The second-order valence-electron chi connectivity index (χ2n) is 8.05. The van der Waals surface area contributed by atoms with Crippen molar-refractivity contribution in [3.63, 3.8) is 0 Å². The summed E-state index contributed by atoms with van der Waals surface area (Å²) in [6, 6.07) is 8.05. The zero-order chi connectivity index (χ0) is 18.3. The Morgan fingerprint density at radius 2 is 1.65 bits per heavy atom. The van der Waals surface area contributed by atoms with Crippen molar-refractivity contribution in [3.8, 4) is 0 Å². The smallest absolute Gasteiger partial charge is 0.226 e. The Labute approximate surface area is 155 Å². The lowest BCUT2D eigenvalue weighted by Crippen LogP contribution is -2.48. The molecule has 2 aliphatic heterocycles. The van der Waals surface area contributed by atoms with Crippen LogP contribution >= 0.6 is 0 Å². The molecule has 1 aromatic rings. The van der Waals surface area contributed by atoms with Gasteiger partial charge in [-0.1, -0.05) is 12.1 Å². The van der Waals surface area contributed by atoms with Crippen LogP contribution in [0.5, 0.6) is 0 Å². The molecule has 1 aromatic carbocycles. The van der Waals surface area contributed by atoms with E-state index in [9.17, 15) is 9.59 Å². The molecular formula is C20H28N4O2. The highest BCUT2D eigenvalue weighted by Gasteiger charge is 2.60. The Bertz CT molecular complexity index is 670. The zero-order valence-electron chi connectivity index (χ0n) is 15.6. The molecule has 1 saturated carbocycles. The van der Waals surface area contributed by atoms with E-state index in [1.807, 2.05) is 12.1 Å². The van der Waals surface area contributed by atoms with Crippen LogP contribution in [0.2, 0.25) is 0 Å². The number of nitrogens with one attached hydrogen (secondary N) is 1. The Balaban J connectivity index is 1.25. The van der Waals surface area contributed by atoms with Crippen molar-refractivity contribution in [2.75, 3.05) is 51.6 Å². The average Bonchev–Trinajstić information content (AvgIpc) is 3.11. The lowest BCUT2D eigenvalue weighted by molar-refractivity contribution is -0.135. The van der Waals surface area contributed by atoms with Gasteiger partial charge in [0.25, 0.3) is 0 Å². The van der Waals surface area contributed by atoms with E-state index in [1.165, 1.54) is 12.5 Å². The SMILES string of the molecule is CC(=O)Nc1ccc(CN2CC3C(C2)C3C(=O)N2CCN(C)CC2)cc1. The number of rotatable bonds is 4. The van der Waals surface area contributed by atoms with Crippen molar-refractivity contribution in [1.82, 2.24) is 14.7 Å². The molecule has 2 unspecified atom stereocenters. The van der Waals surface area contributed by atoms with Crippen molar-refractivity contribution in [1.29, 1.82) is 0 Å². The van der Waals surface area contributed by atoms with Crippen LogP contribution in [-0.2, 0) is 16.1 Å². The number of benzene rings is 1. The van der Waals surface area contributed by atoms with Crippen molar-refractivity contribution >= 4 is 17.5 Å². The van der Waals surface area contributed by atoms with Crippen LogP contribution in [-0.4, -0.2) is 72.8 Å². The molecule has 0 aromatic heterocycles.